The lowest BCUT2D eigenvalue weighted by molar-refractivity contribution is -0.404. The molecule has 3 aromatic rings. The Balaban J connectivity index is 1.39. The monoisotopic (exact) mass is 541 g/mol. The molecule has 2 saturated carbocycles. The Morgan fingerprint density at radius 2 is 1.77 bits per heavy atom. The number of nitrogens with one attached hydrogen (secondary N) is 3. The Labute approximate surface area is 224 Å². The van der Waals surface area contributed by atoms with Gasteiger partial charge < -0.3 is 5.32 Å². The Hall–Kier alpha value is -3.76. The zero-order chi connectivity index (χ0) is 27.8. The number of aromatic nitrogens is 4. The van der Waals surface area contributed by atoms with E-state index >= 15 is 4.39 Å². The van der Waals surface area contributed by atoms with Gasteiger partial charge in [0.2, 0.25) is 0 Å². The highest BCUT2D eigenvalue weighted by atomic mass is 19.3. The van der Waals surface area contributed by atoms with E-state index in [1.54, 1.807) is 23.9 Å². The molecule has 5 rings (SSSR count). The van der Waals surface area contributed by atoms with Crippen molar-refractivity contribution in [2.75, 3.05) is 5.32 Å². The van der Waals surface area contributed by atoms with Crippen molar-refractivity contribution < 1.29 is 27.7 Å². The predicted molar refractivity (Wildman–Crippen MR) is 137 cm³/mol. The summed E-state index contributed by atoms with van der Waals surface area (Å²) < 4.78 is 43.1. The van der Waals surface area contributed by atoms with E-state index in [9.17, 15) is 18.4 Å². The molecular formula is C28H32F3N6O2+. The third kappa shape index (κ3) is 5.81. The molecule has 3 aromatic heterocycles. The number of hydrogen-bond donors (Lipinski definition) is 2. The maximum absolute atomic E-state index is 15.1. The first-order valence-electron chi connectivity index (χ1n) is 13.3. The average molecular weight is 542 g/mol. The summed E-state index contributed by atoms with van der Waals surface area (Å²) in [5.74, 6) is -0.850. The molecule has 0 unspecified atom stereocenters. The van der Waals surface area contributed by atoms with Crippen molar-refractivity contribution >= 4 is 17.6 Å². The number of amides is 2. The van der Waals surface area contributed by atoms with Crippen molar-refractivity contribution in [2.24, 2.45) is 17.8 Å². The molecule has 0 radical (unpaired) electrons. The molecule has 2 fully saturated rings. The molecule has 0 aliphatic heterocycles. The molecular weight excluding hydrogens is 509 g/mol. The SMILES string of the molecule is Cc1ncc(C(F)F)cc1-c1ccc(NC(=O)[C@@H](NC(=O)c2ccnn2C(C)C)C(C2CC2)C2CC2)[nH+]c1F. The second-order valence-electron chi connectivity index (χ2n) is 10.7. The number of hydrogen-bond acceptors (Lipinski definition) is 4. The van der Waals surface area contributed by atoms with E-state index in [4.69, 9.17) is 0 Å². The van der Waals surface area contributed by atoms with Crippen molar-refractivity contribution in [2.45, 2.75) is 65.0 Å². The smallest absolute Gasteiger partial charge is 0.330 e. The van der Waals surface area contributed by atoms with E-state index in [0.29, 0.717) is 23.2 Å². The summed E-state index contributed by atoms with van der Waals surface area (Å²) in [7, 11) is 0. The second-order valence-corrected chi connectivity index (χ2v) is 10.7. The van der Waals surface area contributed by atoms with Crippen LogP contribution in [0.15, 0.2) is 36.7 Å². The van der Waals surface area contributed by atoms with Gasteiger partial charge in [-0.1, -0.05) is 0 Å². The van der Waals surface area contributed by atoms with Gasteiger partial charge in [-0.05, 0) is 82.4 Å². The fraction of sp³-hybridized carbons (Fsp3) is 0.464. The molecule has 3 N–H and O–H groups in total. The van der Waals surface area contributed by atoms with Gasteiger partial charge in [0.05, 0.1) is 5.56 Å². The van der Waals surface area contributed by atoms with Crippen LogP contribution in [0.3, 0.4) is 0 Å². The Bertz CT molecular complexity index is 1370. The zero-order valence-electron chi connectivity index (χ0n) is 22.0. The van der Waals surface area contributed by atoms with Crippen LogP contribution < -0.4 is 15.6 Å². The zero-order valence-corrected chi connectivity index (χ0v) is 22.0. The molecule has 8 nitrogen and oxygen atoms in total. The molecule has 2 aliphatic rings. The second kappa shape index (κ2) is 10.8. The van der Waals surface area contributed by atoms with Crippen LogP contribution in [0.25, 0.3) is 11.1 Å². The molecule has 0 aromatic carbocycles. The fourth-order valence-electron chi connectivity index (χ4n) is 5.25. The number of anilines is 1. The van der Waals surface area contributed by atoms with E-state index < -0.39 is 24.3 Å². The van der Waals surface area contributed by atoms with E-state index in [-0.39, 0.29) is 40.4 Å². The number of carbonyl (C=O) groups excluding carboxylic acids is 2. The number of nitrogens with zero attached hydrogens (tertiary/aromatic N) is 3. The molecule has 206 valence electrons. The highest BCUT2D eigenvalue weighted by Gasteiger charge is 2.49. The lowest BCUT2D eigenvalue weighted by Gasteiger charge is -2.25. The summed E-state index contributed by atoms with van der Waals surface area (Å²) in [6.45, 7) is 5.44. The van der Waals surface area contributed by atoms with Gasteiger partial charge in [-0.15, -0.1) is 0 Å². The highest BCUT2D eigenvalue weighted by molar-refractivity contribution is 6.00. The Kier molecular flexibility index (Phi) is 7.42. The van der Waals surface area contributed by atoms with Crippen LogP contribution >= 0.6 is 0 Å². The molecule has 1 atom stereocenters. The number of rotatable bonds is 10. The molecule has 11 heteroatoms. The molecule has 0 saturated heterocycles. The summed E-state index contributed by atoms with van der Waals surface area (Å²) in [5.41, 5.74) is 0.736. The predicted octanol–water partition coefficient (Wildman–Crippen LogP) is 4.90. The minimum atomic E-state index is -2.74. The molecule has 2 amide bonds. The maximum Gasteiger partial charge on any atom is 0.330 e. The van der Waals surface area contributed by atoms with Crippen molar-refractivity contribution in [3.05, 3.63) is 59.6 Å². The van der Waals surface area contributed by atoms with Crippen LogP contribution in [-0.2, 0) is 4.79 Å². The van der Waals surface area contributed by atoms with Crippen molar-refractivity contribution in [1.82, 2.24) is 20.1 Å². The normalized spacial score (nSPS) is 16.1. The number of aromatic amines is 1. The first-order valence-corrected chi connectivity index (χ1v) is 13.3. The first kappa shape index (κ1) is 26.8. The summed E-state index contributed by atoms with van der Waals surface area (Å²) in [4.78, 5) is 33.4. The standard InChI is InChI=1S/C28H31F3N6O2/c1-14(2)37-21(10-11-33-37)27(38)36-24(23(16-4-5-16)17-6-7-17)28(39)35-22-9-8-19(26(31)34-22)20-12-18(25(29)30)13-32-15(20)3/h8-14,16-17,23-25H,4-7H2,1-3H3,(H,36,38)(H,34,35,39)/p+1/t24-/m0/s1. The molecule has 3 heterocycles. The molecule has 0 spiro atoms. The topological polar surface area (TPSA) is 103 Å². The third-order valence-electron chi connectivity index (χ3n) is 7.48. The van der Waals surface area contributed by atoms with Crippen molar-refractivity contribution in [1.29, 1.82) is 0 Å². The van der Waals surface area contributed by atoms with Crippen molar-refractivity contribution in [3.63, 3.8) is 0 Å². The molecule has 39 heavy (non-hydrogen) atoms. The number of H-pyrrole nitrogens is 1. The van der Waals surface area contributed by atoms with Gasteiger partial charge in [0.25, 0.3) is 24.1 Å². The van der Waals surface area contributed by atoms with Crippen LogP contribution in [0.1, 0.15) is 73.7 Å². The lowest BCUT2D eigenvalue weighted by atomic mass is 9.88. The molecule has 2 aliphatic carbocycles. The van der Waals surface area contributed by atoms with Crippen LogP contribution in [0, 0.1) is 30.6 Å². The fourth-order valence-corrected chi connectivity index (χ4v) is 5.25. The number of halogens is 3. The van der Waals surface area contributed by atoms with Gasteiger partial charge in [0.15, 0.2) is 0 Å². The lowest BCUT2D eigenvalue weighted by Crippen LogP contribution is -2.50. The first-order chi connectivity index (χ1) is 18.6. The van der Waals surface area contributed by atoms with Gasteiger partial charge in [-0.25, -0.2) is 23.9 Å². The van der Waals surface area contributed by atoms with Crippen LogP contribution in [-0.4, -0.2) is 32.6 Å². The van der Waals surface area contributed by atoms with Gasteiger partial charge in [0, 0.05) is 41.3 Å². The minimum absolute atomic E-state index is 0.0145. The third-order valence-corrected chi connectivity index (χ3v) is 7.48. The summed E-state index contributed by atoms with van der Waals surface area (Å²) >= 11 is 0. The van der Waals surface area contributed by atoms with Crippen LogP contribution in [0.4, 0.5) is 19.0 Å². The van der Waals surface area contributed by atoms with Crippen LogP contribution in [0.5, 0.6) is 0 Å². The Morgan fingerprint density at radius 3 is 2.36 bits per heavy atom. The summed E-state index contributed by atoms with van der Waals surface area (Å²) in [5, 5.41) is 9.91. The van der Waals surface area contributed by atoms with Gasteiger partial charge in [0.1, 0.15) is 11.7 Å². The average Bonchev–Trinajstić information content (AvgIpc) is 3.83. The van der Waals surface area contributed by atoms with E-state index in [2.05, 4.69) is 25.7 Å². The van der Waals surface area contributed by atoms with Crippen LogP contribution in [0.2, 0.25) is 0 Å². The Morgan fingerprint density at radius 1 is 1.08 bits per heavy atom. The minimum Gasteiger partial charge on any atom is -0.337 e. The van der Waals surface area contributed by atoms with E-state index in [1.807, 2.05) is 13.8 Å². The maximum atomic E-state index is 15.1. The number of alkyl halides is 2. The van der Waals surface area contributed by atoms with E-state index in [1.165, 1.54) is 18.2 Å². The number of aryl methyl sites for hydroxylation is 1. The van der Waals surface area contributed by atoms with Gasteiger partial charge in [-0.2, -0.15) is 9.49 Å². The largest absolute Gasteiger partial charge is 0.337 e. The van der Waals surface area contributed by atoms with Gasteiger partial charge in [-0.3, -0.25) is 14.5 Å². The van der Waals surface area contributed by atoms with Gasteiger partial charge >= 0.3 is 5.91 Å². The quantitative estimate of drug-likeness (QED) is 0.357. The number of pyridine rings is 2. The van der Waals surface area contributed by atoms with E-state index in [0.717, 1.165) is 31.9 Å². The van der Waals surface area contributed by atoms with Crippen molar-refractivity contribution in [3.8, 4) is 11.1 Å². The number of carbonyl (C=O) groups is 2. The highest BCUT2D eigenvalue weighted by Crippen LogP contribution is 2.51. The summed E-state index contributed by atoms with van der Waals surface area (Å²) in [6, 6.07) is 4.87. The summed E-state index contributed by atoms with van der Waals surface area (Å²) in [6.07, 6.45) is 3.90. The molecule has 0 bridgehead atoms.